The van der Waals surface area contributed by atoms with Crippen molar-refractivity contribution in [1.29, 1.82) is 0 Å². The minimum Gasteiger partial charge on any atom is -0.491 e. The molecule has 2 aromatic carbocycles. The summed E-state index contributed by atoms with van der Waals surface area (Å²) in [5.41, 5.74) is 0.641. The van der Waals surface area contributed by atoms with Gasteiger partial charge in [-0.25, -0.2) is 4.98 Å². The Balaban J connectivity index is 1.50. The third-order valence-corrected chi connectivity index (χ3v) is 4.23. The molecule has 0 aliphatic heterocycles. The molecule has 0 amide bonds. The molecular weight excluding hydrogens is 366 g/mol. The van der Waals surface area contributed by atoms with Gasteiger partial charge in [0.1, 0.15) is 29.6 Å². The lowest BCUT2D eigenvalue weighted by Crippen LogP contribution is -2.30. The van der Waals surface area contributed by atoms with Crippen LogP contribution < -0.4 is 10.3 Å². The largest absolute Gasteiger partial charge is 0.491 e. The summed E-state index contributed by atoms with van der Waals surface area (Å²) < 4.78 is 12.2. The van der Waals surface area contributed by atoms with E-state index in [2.05, 4.69) is 4.98 Å². The third kappa shape index (κ3) is 3.30. The highest BCUT2D eigenvalue weighted by molar-refractivity contribution is 6.01. The zero-order chi connectivity index (χ0) is 19.7. The van der Waals surface area contributed by atoms with Crippen molar-refractivity contribution in [2.24, 2.45) is 0 Å². The monoisotopic (exact) mass is 381 g/mol. The van der Waals surface area contributed by atoms with Gasteiger partial charge in [0, 0.05) is 11.5 Å². The summed E-state index contributed by atoms with van der Waals surface area (Å²) in [5, 5.41) is 21.7. The normalized spacial score (nSPS) is 12.3. The molecular formula is C19H15N3O6. The van der Waals surface area contributed by atoms with Gasteiger partial charge in [0.05, 0.1) is 23.9 Å². The van der Waals surface area contributed by atoms with Gasteiger partial charge in [-0.2, -0.15) is 0 Å². The molecule has 142 valence electrons. The molecule has 4 aromatic rings. The van der Waals surface area contributed by atoms with Gasteiger partial charge < -0.3 is 14.3 Å². The van der Waals surface area contributed by atoms with Crippen molar-refractivity contribution < 1.29 is 19.2 Å². The van der Waals surface area contributed by atoms with E-state index in [9.17, 15) is 20.0 Å². The second kappa shape index (κ2) is 7.12. The van der Waals surface area contributed by atoms with E-state index in [0.717, 1.165) is 5.39 Å². The number of hydrogen-bond acceptors (Lipinski definition) is 7. The van der Waals surface area contributed by atoms with Gasteiger partial charge in [0.2, 0.25) is 5.58 Å². The van der Waals surface area contributed by atoms with Gasteiger partial charge in [0.25, 0.3) is 11.2 Å². The summed E-state index contributed by atoms with van der Waals surface area (Å²) in [6.07, 6.45) is 0.323. The lowest BCUT2D eigenvalue weighted by atomic mass is 10.2. The first-order valence-corrected chi connectivity index (χ1v) is 8.45. The Kier molecular flexibility index (Phi) is 4.50. The Labute approximate surface area is 157 Å². The van der Waals surface area contributed by atoms with Crippen LogP contribution in [0.3, 0.4) is 0 Å². The Hall–Kier alpha value is -3.72. The van der Waals surface area contributed by atoms with Crippen LogP contribution in [0.15, 0.2) is 64.1 Å². The summed E-state index contributed by atoms with van der Waals surface area (Å²) >= 11 is 0. The van der Waals surface area contributed by atoms with Crippen molar-refractivity contribution in [1.82, 2.24) is 9.55 Å². The fourth-order valence-electron chi connectivity index (χ4n) is 2.90. The molecule has 0 aliphatic carbocycles. The number of nitro benzene ring substituents is 1. The average Bonchev–Trinajstić information content (AvgIpc) is 3.08. The summed E-state index contributed by atoms with van der Waals surface area (Å²) in [4.78, 5) is 27.2. The molecule has 9 heteroatoms. The highest BCUT2D eigenvalue weighted by Gasteiger charge is 2.15. The van der Waals surface area contributed by atoms with E-state index in [-0.39, 0.29) is 30.2 Å². The number of benzene rings is 2. The zero-order valence-electron chi connectivity index (χ0n) is 14.5. The van der Waals surface area contributed by atoms with Gasteiger partial charge in [-0.05, 0) is 18.2 Å². The predicted molar refractivity (Wildman–Crippen MR) is 100 cm³/mol. The molecule has 28 heavy (non-hydrogen) atoms. The number of nitrogens with zero attached hydrogens (tertiary/aromatic N) is 3. The van der Waals surface area contributed by atoms with Crippen LogP contribution in [0.2, 0.25) is 0 Å². The number of aliphatic hydroxyl groups excluding tert-OH is 1. The van der Waals surface area contributed by atoms with Gasteiger partial charge in [-0.15, -0.1) is 0 Å². The van der Waals surface area contributed by atoms with Crippen LogP contribution in [0.25, 0.3) is 22.1 Å². The Morgan fingerprint density at radius 1 is 1.25 bits per heavy atom. The fourth-order valence-corrected chi connectivity index (χ4v) is 2.90. The molecule has 4 rings (SSSR count). The SMILES string of the molecule is O=c1c2oc3ccccc3c2ncn1CC(O)COc1cccc([N+](=O)[O-])c1. The maximum Gasteiger partial charge on any atom is 0.297 e. The first-order valence-electron chi connectivity index (χ1n) is 8.45. The maximum atomic E-state index is 12.6. The molecule has 1 atom stereocenters. The predicted octanol–water partition coefficient (Wildman–Crippen LogP) is 2.49. The minimum absolute atomic E-state index is 0.0618. The quantitative estimate of drug-likeness (QED) is 0.402. The van der Waals surface area contributed by atoms with Crippen molar-refractivity contribution >= 4 is 27.8 Å². The highest BCUT2D eigenvalue weighted by atomic mass is 16.6. The first-order chi connectivity index (χ1) is 13.5. The van der Waals surface area contributed by atoms with Gasteiger partial charge in [-0.3, -0.25) is 19.5 Å². The van der Waals surface area contributed by atoms with E-state index < -0.39 is 16.6 Å². The Bertz CT molecular complexity index is 1230. The van der Waals surface area contributed by atoms with Crippen LogP contribution in [-0.2, 0) is 6.54 Å². The van der Waals surface area contributed by atoms with E-state index in [4.69, 9.17) is 9.15 Å². The number of non-ortho nitro benzene ring substituents is 1. The van der Waals surface area contributed by atoms with Crippen LogP contribution in [0.1, 0.15) is 0 Å². The van der Waals surface area contributed by atoms with Crippen LogP contribution in [0.5, 0.6) is 5.75 Å². The van der Waals surface area contributed by atoms with E-state index in [1.165, 1.54) is 29.1 Å². The average molecular weight is 381 g/mol. The van der Waals surface area contributed by atoms with E-state index >= 15 is 0 Å². The fraction of sp³-hybridized carbons (Fsp3) is 0.158. The summed E-state index contributed by atoms with van der Waals surface area (Å²) in [6, 6.07) is 12.9. The molecule has 0 saturated heterocycles. The molecule has 0 aliphatic rings. The minimum atomic E-state index is -1.03. The summed E-state index contributed by atoms with van der Waals surface area (Å²) in [5.74, 6) is 0.256. The van der Waals surface area contributed by atoms with Crippen molar-refractivity contribution in [3.63, 3.8) is 0 Å². The molecule has 1 N–H and O–H groups in total. The second-order valence-electron chi connectivity index (χ2n) is 6.20. The topological polar surface area (TPSA) is 121 Å². The molecule has 9 nitrogen and oxygen atoms in total. The number of aromatic nitrogens is 2. The molecule has 1 unspecified atom stereocenters. The number of ether oxygens (including phenoxy) is 1. The molecule has 2 heterocycles. The number of nitro groups is 1. The van der Waals surface area contributed by atoms with E-state index in [1.807, 2.05) is 12.1 Å². The van der Waals surface area contributed by atoms with Gasteiger partial charge in [0.15, 0.2) is 0 Å². The van der Waals surface area contributed by atoms with E-state index in [1.54, 1.807) is 18.2 Å². The molecule has 0 radical (unpaired) electrons. The third-order valence-electron chi connectivity index (χ3n) is 4.23. The molecule has 0 fully saturated rings. The van der Waals surface area contributed by atoms with Crippen molar-refractivity contribution in [3.8, 4) is 5.75 Å². The maximum absolute atomic E-state index is 12.6. The van der Waals surface area contributed by atoms with Crippen molar-refractivity contribution in [3.05, 3.63) is 75.3 Å². The molecule has 0 bridgehead atoms. The number of para-hydroxylation sites is 1. The molecule has 0 spiro atoms. The highest BCUT2D eigenvalue weighted by Crippen LogP contribution is 2.24. The standard InChI is InChI=1S/C19H15N3O6/c23-13(10-27-14-5-3-4-12(8-14)22(25)26)9-21-11-20-17-15-6-1-2-7-16(15)28-18(17)19(21)24/h1-8,11,13,23H,9-10H2. The number of hydrogen-bond donors (Lipinski definition) is 1. The van der Waals surface area contributed by atoms with Crippen LogP contribution in [0, 0.1) is 10.1 Å². The smallest absolute Gasteiger partial charge is 0.297 e. The van der Waals surface area contributed by atoms with Gasteiger partial charge in [-0.1, -0.05) is 18.2 Å². The number of aliphatic hydroxyl groups is 1. The second-order valence-corrected chi connectivity index (χ2v) is 6.20. The van der Waals surface area contributed by atoms with Crippen molar-refractivity contribution in [2.75, 3.05) is 6.61 Å². The summed E-state index contributed by atoms with van der Waals surface area (Å²) in [6.45, 7) is -0.209. The molecule has 2 aromatic heterocycles. The van der Waals surface area contributed by atoms with Gasteiger partial charge >= 0.3 is 0 Å². The number of fused-ring (bicyclic) bond motifs is 3. The van der Waals surface area contributed by atoms with Crippen LogP contribution in [0.4, 0.5) is 5.69 Å². The molecule has 0 saturated carbocycles. The van der Waals surface area contributed by atoms with Crippen molar-refractivity contribution in [2.45, 2.75) is 12.6 Å². The zero-order valence-corrected chi connectivity index (χ0v) is 14.5. The number of furan rings is 1. The number of rotatable bonds is 6. The Morgan fingerprint density at radius 2 is 2.07 bits per heavy atom. The first kappa shape index (κ1) is 17.7. The summed E-state index contributed by atoms with van der Waals surface area (Å²) in [7, 11) is 0. The van der Waals surface area contributed by atoms with E-state index in [0.29, 0.717) is 11.1 Å². The lowest BCUT2D eigenvalue weighted by Gasteiger charge is -2.13. The lowest BCUT2D eigenvalue weighted by molar-refractivity contribution is -0.384. The van der Waals surface area contributed by atoms with Crippen LogP contribution >= 0.6 is 0 Å². The van der Waals surface area contributed by atoms with Crippen LogP contribution in [-0.4, -0.2) is 32.3 Å². The Morgan fingerprint density at radius 3 is 2.89 bits per heavy atom.